The predicted octanol–water partition coefficient (Wildman–Crippen LogP) is 1.56. The maximum atomic E-state index is 12.4. The van der Waals surface area contributed by atoms with Crippen LogP contribution in [-0.4, -0.2) is 22.4 Å². The fraction of sp³-hybridized carbons (Fsp3) is 0.0833. The van der Waals surface area contributed by atoms with E-state index in [0.29, 0.717) is 0 Å². The zero-order valence-corrected chi connectivity index (χ0v) is 9.82. The SMILES string of the molecule is Cc1ccccn1.OB(O)Oc1cccc(F)c1. The second-order valence-corrected chi connectivity index (χ2v) is 3.37. The van der Waals surface area contributed by atoms with E-state index in [1.54, 1.807) is 6.20 Å². The van der Waals surface area contributed by atoms with Crippen LogP contribution >= 0.6 is 0 Å². The van der Waals surface area contributed by atoms with E-state index in [4.69, 9.17) is 10.0 Å². The van der Waals surface area contributed by atoms with E-state index in [9.17, 15) is 4.39 Å². The Hall–Kier alpha value is -1.92. The highest BCUT2D eigenvalue weighted by atomic mass is 19.1. The highest BCUT2D eigenvalue weighted by Crippen LogP contribution is 2.11. The van der Waals surface area contributed by atoms with E-state index in [1.807, 2.05) is 25.1 Å². The molecule has 0 spiro atoms. The molecule has 94 valence electrons. The van der Waals surface area contributed by atoms with Crippen molar-refractivity contribution in [2.24, 2.45) is 0 Å². The highest BCUT2D eigenvalue weighted by molar-refractivity contribution is 6.33. The average molecular weight is 249 g/mol. The van der Waals surface area contributed by atoms with Gasteiger partial charge in [-0.05, 0) is 31.2 Å². The number of benzene rings is 1. The molecule has 1 heterocycles. The summed E-state index contributed by atoms with van der Waals surface area (Å²) in [4.78, 5) is 3.98. The molecule has 2 rings (SSSR count). The van der Waals surface area contributed by atoms with E-state index in [2.05, 4.69) is 9.64 Å². The van der Waals surface area contributed by atoms with Crippen LogP contribution < -0.4 is 4.65 Å². The highest BCUT2D eigenvalue weighted by Gasteiger charge is 2.10. The molecule has 18 heavy (non-hydrogen) atoms. The topological polar surface area (TPSA) is 62.6 Å². The molecule has 0 saturated carbocycles. The maximum Gasteiger partial charge on any atom is 0.707 e. The van der Waals surface area contributed by atoms with Crippen LogP contribution in [0.5, 0.6) is 5.75 Å². The largest absolute Gasteiger partial charge is 0.707 e. The number of aromatic nitrogens is 1. The minimum Gasteiger partial charge on any atom is -0.512 e. The summed E-state index contributed by atoms with van der Waals surface area (Å²) in [5.41, 5.74) is 1.07. The van der Waals surface area contributed by atoms with Crippen LogP contribution in [0.15, 0.2) is 48.7 Å². The molecule has 0 atom stereocenters. The molecule has 0 aliphatic rings. The summed E-state index contributed by atoms with van der Waals surface area (Å²) in [6.45, 7) is 1.97. The Balaban J connectivity index is 0.000000199. The van der Waals surface area contributed by atoms with E-state index < -0.39 is 13.1 Å². The molecule has 2 N–H and O–H groups in total. The number of pyridine rings is 1. The van der Waals surface area contributed by atoms with Crippen molar-refractivity contribution in [3.8, 4) is 5.75 Å². The van der Waals surface area contributed by atoms with Gasteiger partial charge in [0.25, 0.3) is 0 Å². The molecule has 0 aliphatic heterocycles. The second kappa shape index (κ2) is 7.42. The first kappa shape index (κ1) is 14.1. The number of halogens is 1. The molecule has 0 bridgehead atoms. The van der Waals surface area contributed by atoms with Crippen LogP contribution in [0.25, 0.3) is 0 Å². The lowest BCUT2D eigenvalue weighted by Gasteiger charge is -2.02. The molecule has 4 nitrogen and oxygen atoms in total. The Labute approximate surface area is 105 Å². The van der Waals surface area contributed by atoms with E-state index in [0.717, 1.165) is 11.8 Å². The zero-order valence-electron chi connectivity index (χ0n) is 9.82. The van der Waals surface area contributed by atoms with Crippen LogP contribution in [0, 0.1) is 12.7 Å². The van der Waals surface area contributed by atoms with Gasteiger partial charge >= 0.3 is 7.32 Å². The molecule has 0 saturated heterocycles. The summed E-state index contributed by atoms with van der Waals surface area (Å²) < 4.78 is 16.7. The molecule has 2 aromatic rings. The van der Waals surface area contributed by atoms with Gasteiger partial charge in [0.15, 0.2) is 0 Å². The van der Waals surface area contributed by atoms with Crippen molar-refractivity contribution in [1.82, 2.24) is 4.98 Å². The van der Waals surface area contributed by atoms with Gasteiger partial charge in [0, 0.05) is 18.0 Å². The Morgan fingerprint density at radius 2 is 1.94 bits per heavy atom. The molecule has 0 radical (unpaired) electrons. The monoisotopic (exact) mass is 249 g/mol. The number of rotatable bonds is 2. The van der Waals surface area contributed by atoms with Gasteiger partial charge < -0.3 is 14.7 Å². The fourth-order valence-electron chi connectivity index (χ4n) is 1.11. The lowest BCUT2D eigenvalue weighted by molar-refractivity contribution is 0.287. The normalized spacial score (nSPS) is 9.11. The fourth-order valence-corrected chi connectivity index (χ4v) is 1.11. The Bertz CT molecular complexity index is 468. The lowest BCUT2D eigenvalue weighted by atomic mass is 10.2. The number of aryl methyl sites for hydroxylation is 1. The van der Waals surface area contributed by atoms with Gasteiger partial charge in [-0.1, -0.05) is 12.1 Å². The van der Waals surface area contributed by atoms with Crippen molar-refractivity contribution in [2.45, 2.75) is 6.92 Å². The summed E-state index contributed by atoms with van der Waals surface area (Å²) in [5, 5.41) is 16.6. The minimum absolute atomic E-state index is 0.0833. The first-order chi connectivity index (χ1) is 8.58. The molecule has 0 amide bonds. The summed E-state index contributed by atoms with van der Waals surface area (Å²) in [5.74, 6) is -0.400. The van der Waals surface area contributed by atoms with Gasteiger partial charge in [-0.3, -0.25) is 4.98 Å². The molecule has 0 fully saturated rings. The van der Waals surface area contributed by atoms with Gasteiger partial charge in [0.2, 0.25) is 0 Å². The Kier molecular flexibility index (Phi) is 5.83. The van der Waals surface area contributed by atoms with Crippen molar-refractivity contribution in [3.63, 3.8) is 0 Å². The molecular weight excluding hydrogens is 236 g/mol. The molecule has 6 heteroatoms. The third-order valence-corrected chi connectivity index (χ3v) is 1.85. The molecule has 1 aromatic carbocycles. The van der Waals surface area contributed by atoms with Gasteiger partial charge in [-0.2, -0.15) is 0 Å². The van der Waals surface area contributed by atoms with E-state index in [-0.39, 0.29) is 5.75 Å². The van der Waals surface area contributed by atoms with Gasteiger partial charge in [0.1, 0.15) is 11.6 Å². The average Bonchev–Trinajstić information content (AvgIpc) is 2.30. The smallest absolute Gasteiger partial charge is 0.512 e. The Morgan fingerprint density at radius 3 is 2.39 bits per heavy atom. The molecular formula is C12H13BFNO3. The molecule has 0 aliphatic carbocycles. The van der Waals surface area contributed by atoms with Crippen molar-refractivity contribution in [3.05, 3.63) is 60.2 Å². The van der Waals surface area contributed by atoms with Gasteiger partial charge in [0.05, 0.1) is 0 Å². The third kappa shape index (κ3) is 5.98. The van der Waals surface area contributed by atoms with Crippen LogP contribution in [-0.2, 0) is 0 Å². The van der Waals surface area contributed by atoms with Crippen molar-refractivity contribution in [1.29, 1.82) is 0 Å². The van der Waals surface area contributed by atoms with Crippen molar-refractivity contribution >= 4 is 7.32 Å². The minimum atomic E-state index is -1.91. The number of nitrogens with zero attached hydrogens (tertiary/aromatic N) is 1. The predicted molar refractivity (Wildman–Crippen MR) is 66.2 cm³/mol. The summed E-state index contributed by atoms with van der Waals surface area (Å²) in [6.07, 6.45) is 1.79. The molecule has 0 unspecified atom stereocenters. The van der Waals surface area contributed by atoms with Gasteiger partial charge in [-0.25, -0.2) is 4.39 Å². The zero-order chi connectivity index (χ0) is 13.4. The third-order valence-electron chi connectivity index (χ3n) is 1.85. The van der Waals surface area contributed by atoms with Crippen LogP contribution in [0.3, 0.4) is 0 Å². The van der Waals surface area contributed by atoms with Crippen LogP contribution in [0.2, 0.25) is 0 Å². The second-order valence-electron chi connectivity index (χ2n) is 3.37. The first-order valence-corrected chi connectivity index (χ1v) is 5.24. The number of hydrogen-bond donors (Lipinski definition) is 2. The maximum absolute atomic E-state index is 12.4. The molecule has 1 aromatic heterocycles. The summed E-state index contributed by atoms with van der Waals surface area (Å²) in [6, 6.07) is 11.0. The summed E-state index contributed by atoms with van der Waals surface area (Å²) >= 11 is 0. The lowest BCUT2D eigenvalue weighted by Crippen LogP contribution is -2.20. The van der Waals surface area contributed by atoms with Crippen molar-refractivity contribution in [2.75, 3.05) is 0 Å². The van der Waals surface area contributed by atoms with Crippen LogP contribution in [0.4, 0.5) is 4.39 Å². The number of hydrogen-bond acceptors (Lipinski definition) is 4. The standard InChI is InChI=1S/C6H6BFO3.C6H7N/c8-5-2-1-3-6(4-5)11-7(9)10;1-6-4-2-3-5-7-6/h1-4,9-10H;2-5H,1H3. The summed E-state index contributed by atoms with van der Waals surface area (Å²) in [7, 11) is -1.91. The van der Waals surface area contributed by atoms with Crippen LogP contribution in [0.1, 0.15) is 5.69 Å². The van der Waals surface area contributed by atoms with Gasteiger partial charge in [-0.15, -0.1) is 0 Å². The quantitative estimate of drug-likeness (QED) is 0.793. The van der Waals surface area contributed by atoms with Crippen molar-refractivity contribution < 1.29 is 19.1 Å². The van der Waals surface area contributed by atoms with E-state index in [1.165, 1.54) is 18.2 Å². The first-order valence-electron chi connectivity index (χ1n) is 5.24. The van der Waals surface area contributed by atoms with E-state index >= 15 is 0 Å². The Morgan fingerprint density at radius 1 is 1.17 bits per heavy atom.